The van der Waals surface area contributed by atoms with Crippen molar-refractivity contribution in [3.8, 4) is 0 Å². The molecule has 0 spiro atoms. The fraction of sp³-hybridized carbons (Fsp3) is 0.750. The van der Waals surface area contributed by atoms with Gasteiger partial charge in [-0.25, -0.2) is 14.6 Å². The summed E-state index contributed by atoms with van der Waals surface area (Å²) < 4.78 is 21.7. The lowest BCUT2D eigenvalue weighted by Gasteiger charge is -2.05. The smallest absolute Gasteiger partial charge is 0.408 e. The lowest BCUT2D eigenvalue weighted by Crippen LogP contribution is -2.24. The number of thioether (sulfide) groups is 7. The van der Waals surface area contributed by atoms with E-state index in [1.54, 1.807) is 0 Å². The van der Waals surface area contributed by atoms with Crippen LogP contribution in [0.25, 0.3) is 0 Å². The molecule has 0 aromatic rings. The van der Waals surface area contributed by atoms with Gasteiger partial charge in [0.2, 0.25) is 6.40 Å². The van der Waals surface area contributed by atoms with E-state index >= 15 is 0 Å². The minimum absolute atomic E-state index is 0.0317. The highest BCUT2D eigenvalue weighted by Gasteiger charge is 2.03. The van der Waals surface area contributed by atoms with Gasteiger partial charge in [-0.05, 0) is 0 Å². The Balaban J connectivity index is 3.49. The molecule has 0 saturated heterocycles. The van der Waals surface area contributed by atoms with E-state index in [1.165, 1.54) is 94.3 Å². The second kappa shape index (κ2) is 30.7. The van der Waals surface area contributed by atoms with Crippen LogP contribution in [-0.4, -0.2) is 107 Å². The topological polar surface area (TPSA) is 177 Å². The third kappa shape index (κ3) is 30.6. The van der Waals surface area contributed by atoms with Crippen LogP contribution in [0.2, 0.25) is 0 Å². The lowest BCUT2D eigenvalue weighted by atomic mass is 11.1. The molecule has 0 rings (SSSR count). The van der Waals surface area contributed by atoms with Crippen molar-refractivity contribution in [3.63, 3.8) is 0 Å². The fourth-order valence-electron chi connectivity index (χ4n) is 1.38. The number of amides is 2. The Morgan fingerprint density at radius 3 is 1.97 bits per heavy atom. The summed E-state index contributed by atoms with van der Waals surface area (Å²) in [6.45, 7) is 0. The molecule has 4 N–H and O–H groups in total. The van der Waals surface area contributed by atoms with Gasteiger partial charge in [0.15, 0.2) is 0 Å². The zero-order chi connectivity index (χ0) is 27.2. The number of nitrogens with zero attached hydrogens (tertiary/aromatic N) is 2. The number of hydrogen-bond donors (Lipinski definition) is 4. The summed E-state index contributed by atoms with van der Waals surface area (Å²) in [6.07, 6.45) is 0.0389. The van der Waals surface area contributed by atoms with Gasteiger partial charge in [-0.1, -0.05) is 0 Å². The average molecular weight is 679 g/mol. The minimum atomic E-state index is -1.31. The highest BCUT2D eigenvalue weighted by Crippen LogP contribution is 2.11. The van der Waals surface area contributed by atoms with E-state index in [4.69, 9.17) is 29.5 Å². The zero-order valence-electron chi connectivity index (χ0n) is 19.6. The molecule has 37 heavy (non-hydrogen) atoms. The van der Waals surface area contributed by atoms with Crippen LogP contribution < -0.4 is 10.6 Å². The van der Waals surface area contributed by atoms with Gasteiger partial charge < -0.3 is 35.2 Å². The van der Waals surface area contributed by atoms with Crippen molar-refractivity contribution >= 4 is 117 Å². The van der Waals surface area contributed by atoms with E-state index in [9.17, 15) is 13.8 Å². The summed E-state index contributed by atoms with van der Waals surface area (Å²) in [5, 5.41) is 23.9. The van der Waals surface area contributed by atoms with Crippen LogP contribution >= 0.6 is 82.3 Å². The number of aliphatic hydroxyl groups excluding tert-OH is 2. The Kier molecular flexibility index (Phi) is 30.8. The van der Waals surface area contributed by atoms with Crippen molar-refractivity contribution in [1.29, 1.82) is 0 Å². The highest BCUT2D eigenvalue weighted by atomic mass is 32.2. The minimum Gasteiger partial charge on any atom is -0.438 e. The molecule has 216 valence electrons. The molecule has 1 unspecified atom stereocenters. The molecule has 1 atom stereocenters. The number of nitrogens with one attached hydrogen (secondary N) is 2. The molecule has 13 nitrogen and oxygen atoms in total. The van der Waals surface area contributed by atoms with Crippen molar-refractivity contribution < 1.29 is 43.3 Å². The molecular weight excluding hydrogens is 649 g/mol. The number of aliphatic hydroxyl groups is 2. The molecule has 0 fully saturated rings. The molecule has 0 saturated carbocycles. The van der Waals surface area contributed by atoms with Crippen molar-refractivity contribution in [2.75, 3.05) is 68.5 Å². The molecular formula is C16H30N4O9S8. The van der Waals surface area contributed by atoms with Gasteiger partial charge in [0.05, 0.1) is 56.8 Å². The van der Waals surface area contributed by atoms with Gasteiger partial charge in [-0.15, -0.1) is 82.3 Å². The van der Waals surface area contributed by atoms with E-state index in [0.29, 0.717) is 39.6 Å². The molecule has 0 aliphatic rings. The summed E-state index contributed by atoms with van der Waals surface area (Å²) in [7, 11) is -1.31. The Hall–Kier alpha value is 0.160. The lowest BCUT2D eigenvalue weighted by molar-refractivity contribution is -0.196. The summed E-state index contributed by atoms with van der Waals surface area (Å²) in [5.74, 6) is 1.94. The average Bonchev–Trinajstić information content (AvgIpc) is 2.89. The molecule has 21 heteroatoms. The van der Waals surface area contributed by atoms with E-state index in [2.05, 4.69) is 20.6 Å². The van der Waals surface area contributed by atoms with Gasteiger partial charge in [0.25, 0.3) is 0 Å². The summed E-state index contributed by atoms with van der Waals surface area (Å²) in [5.41, 5.74) is 1.31. The molecule has 0 heterocycles. The van der Waals surface area contributed by atoms with E-state index in [0.717, 1.165) is 0 Å². The number of hydrogen-bond acceptors (Lipinski definition) is 18. The van der Waals surface area contributed by atoms with Gasteiger partial charge in [-0.3, -0.25) is 9.20 Å². The Morgan fingerprint density at radius 2 is 1.35 bits per heavy atom. The van der Waals surface area contributed by atoms with Crippen LogP contribution in [0.15, 0.2) is 9.98 Å². The quantitative estimate of drug-likeness (QED) is 0.0276. The summed E-state index contributed by atoms with van der Waals surface area (Å²) in [6, 6.07) is 0. The molecule has 0 aromatic carbocycles. The largest absolute Gasteiger partial charge is 0.438 e. The molecule has 0 bridgehead atoms. The fourth-order valence-corrected chi connectivity index (χ4v) is 6.45. The van der Waals surface area contributed by atoms with Gasteiger partial charge in [0, 0.05) is 10.2 Å². The Labute approximate surface area is 248 Å². The van der Waals surface area contributed by atoms with Crippen molar-refractivity contribution in [2.45, 2.75) is 0 Å². The Morgan fingerprint density at radius 1 is 0.784 bits per heavy atom. The monoisotopic (exact) mass is 678 g/mol. The standard InChI is InChI=1S/C16H30N4O9S8/c21-7-32-12-34-9-26-15(23)20-5-31-3-18-6-37(25)14-36-10-27-16(24)19-4-30-2-17-1-28-29-11-35-13-33-8-22/h1,6,21-22H,2-5,7-14H2,(H,19,24)(H,20,23)/b17-1+,18-6+. The van der Waals surface area contributed by atoms with Gasteiger partial charge >= 0.3 is 12.2 Å². The molecule has 0 aliphatic carbocycles. The van der Waals surface area contributed by atoms with Crippen LogP contribution in [-0.2, 0) is 30.0 Å². The van der Waals surface area contributed by atoms with E-state index < -0.39 is 23.0 Å². The van der Waals surface area contributed by atoms with Crippen LogP contribution in [0.1, 0.15) is 0 Å². The first-order chi connectivity index (χ1) is 18.1. The number of alkyl carbamates (subject to hydrolysis) is 2. The first kappa shape index (κ1) is 37.2. The molecule has 0 aromatic heterocycles. The second-order valence-electron chi connectivity index (χ2n) is 5.33. The maximum atomic E-state index is 11.8. The maximum Gasteiger partial charge on any atom is 0.408 e. The van der Waals surface area contributed by atoms with Crippen molar-refractivity contribution in [1.82, 2.24) is 10.6 Å². The van der Waals surface area contributed by atoms with E-state index in [-0.39, 0.29) is 28.8 Å². The van der Waals surface area contributed by atoms with Gasteiger partial charge in [-0.2, -0.15) is 4.89 Å². The predicted molar refractivity (Wildman–Crippen MR) is 163 cm³/mol. The van der Waals surface area contributed by atoms with E-state index in [1.807, 2.05) is 0 Å². The Bertz CT molecular complexity index is 655. The van der Waals surface area contributed by atoms with Crippen LogP contribution in [0.3, 0.4) is 0 Å². The third-order valence-electron chi connectivity index (χ3n) is 2.74. The maximum absolute atomic E-state index is 11.8. The predicted octanol–water partition coefficient (Wildman–Crippen LogP) is 2.80. The summed E-state index contributed by atoms with van der Waals surface area (Å²) >= 11 is 9.35. The molecule has 0 radical (unpaired) electrons. The number of rotatable bonds is 25. The van der Waals surface area contributed by atoms with Crippen LogP contribution in [0.4, 0.5) is 9.59 Å². The van der Waals surface area contributed by atoms with Crippen molar-refractivity contribution in [2.24, 2.45) is 9.98 Å². The highest BCUT2D eigenvalue weighted by molar-refractivity contribution is 8.16. The first-order valence-corrected chi connectivity index (χ1v) is 19.3. The molecule has 0 aliphatic heterocycles. The summed E-state index contributed by atoms with van der Waals surface area (Å²) in [4.78, 5) is 40.5. The first-order valence-electron chi connectivity index (χ1n) is 9.81. The van der Waals surface area contributed by atoms with Crippen LogP contribution in [0, 0.1) is 0 Å². The zero-order valence-corrected chi connectivity index (χ0v) is 26.1. The second-order valence-corrected chi connectivity index (χ2v) is 14.3. The third-order valence-corrected chi connectivity index (χ3v) is 9.94. The number of carbonyl (C=O) groups excluding carboxylic acids is 2. The normalized spacial score (nSPS) is 12.1. The van der Waals surface area contributed by atoms with Crippen molar-refractivity contribution in [3.05, 3.63) is 0 Å². The number of ether oxygens (including phenoxy) is 2. The molecule has 2 amide bonds. The SMILES string of the molecule is O=C(NCSC/N=C/S(=O)CSCOC(=O)NCSC/N=C/OOCSCSCO)OCSCSCO. The number of carbonyl (C=O) groups is 2. The van der Waals surface area contributed by atoms with Gasteiger partial charge in [0.1, 0.15) is 17.8 Å². The van der Waals surface area contributed by atoms with Crippen LogP contribution in [0.5, 0.6) is 0 Å². The number of aliphatic imine (C=N–C) groups is 2.